The van der Waals surface area contributed by atoms with Gasteiger partial charge in [0.25, 0.3) is 11.6 Å². The van der Waals surface area contributed by atoms with Gasteiger partial charge in [-0.25, -0.2) is 4.98 Å². The molecule has 12 heteroatoms. The van der Waals surface area contributed by atoms with Crippen molar-refractivity contribution in [2.75, 3.05) is 24.9 Å². The quantitative estimate of drug-likeness (QED) is 0.134. The molecule has 0 aliphatic carbocycles. The third kappa shape index (κ3) is 6.92. The van der Waals surface area contributed by atoms with Gasteiger partial charge in [0.1, 0.15) is 0 Å². The first-order valence-electron chi connectivity index (χ1n) is 11.6. The van der Waals surface area contributed by atoms with E-state index in [9.17, 15) is 19.7 Å². The van der Waals surface area contributed by atoms with Crippen LogP contribution in [-0.4, -0.2) is 41.2 Å². The van der Waals surface area contributed by atoms with Crippen molar-refractivity contribution in [3.8, 4) is 22.8 Å². The second-order valence-corrected chi connectivity index (χ2v) is 10.4. The van der Waals surface area contributed by atoms with Crippen molar-refractivity contribution in [3.05, 3.63) is 87.8 Å². The standard InChI is InChI=1S/C27H24N4O6S2/c1-16(25(32)30-27-29-22(15-38-27)18-9-12-23(36-2)24(13-18)37-3)39-21-6-4-5-19(14-21)28-26(33)17-7-10-20(11-8-17)31(34)35/h4-16H,1-3H3,(H,28,33)(H,29,30,32). The summed E-state index contributed by atoms with van der Waals surface area (Å²) < 4.78 is 10.6. The third-order valence-electron chi connectivity index (χ3n) is 5.53. The molecule has 0 aliphatic rings. The molecule has 2 N–H and O–H groups in total. The van der Waals surface area contributed by atoms with Crippen molar-refractivity contribution in [2.24, 2.45) is 0 Å². The summed E-state index contributed by atoms with van der Waals surface area (Å²) in [7, 11) is 3.14. The number of nitrogens with zero attached hydrogens (tertiary/aromatic N) is 2. The van der Waals surface area contributed by atoms with E-state index in [-0.39, 0.29) is 11.6 Å². The number of rotatable bonds is 10. The highest BCUT2D eigenvalue weighted by Crippen LogP contribution is 2.34. The molecule has 0 saturated carbocycles. The van der Waals surface area contributed by atoms with Crippen LogP contribution >= 0.6 is 23.1 Å². The Kier molecular flexibility index (Phi) is 8.79. The lowest BCUT2D eigenvalue weighted by Gasteiger charge is -2.12. The van der Waals surface area contributed by atoms with Crippen LogP contribution in [0.4, 0.5) is 16.5 Å². The maximum atomic E-state index is 12.9. The fraction of sp³-hybridized carbons (Fsp3) is 0.148. The number of thioether (sulfide) groups is 1. The van der Waals surface area contributed by atoms with Gasteiger partial charge in [-0.15, -0.1) is 23.1 Å². The summed E-state index contributed by atoms with van der Waals surface area (Å²) in [6, 6.07) is 17.9. The fourth-order valence-corrected chi connectivity index (χ4v) is 5.16. The average Bonchev–Trinajstić information content (AvgIpc) is 3.41. The molecule has 0 aliphatic heterocycles. The molecule has 1 atom stereocenters. The second-order valence-electron chi connectivity index (χ2n) is 8.14. The molecular formula is C27H24N4O6S2. The lowest BCUT2D eigenvalue weighted by atomic mass is 10.1. The molecule has 10 nitrogen and oxygen atoms in total. The summed E-state index contributed by atoms with van der Waals surface area (Å²) in [5.41, 5.74) is 2.28. The minimum atomic E-state index is -0.522. The molecule has 200 valence electrons. The van der Waals surface area contributed by atoms with E-state index >= 15 is 0 Å². The summed E-state index contributed by atoms with van der Waals surface area (Å²) >= 11 is 2.65. The zero-order valence-electron chi connectivity index (χ0n) is 21.2. The predicted molar refractivity (Wildman–Crippen MR) is 152 cm³/mol. The van der Waals surface area contributed by atoms with Gasteiger partial charge in [-0.05, 0) is 55.5 Å². The van der Waals surface area contributed by atoms with Crippen LogP contribution in [0, 0.1) is 10.1 Å². The monoisotopic (exact) mass is 564 g/mol. The number of carbonyl (C=O) groups is 2. The van der Waals surface area contributed by atoms with Crippen LogP contribution in [0.1, 0.15) is 17.3 Å². The normalized spacial score (nSPS) is 11.4. The molecule has 39 heavy (non-hydrogen) atoms. The molecule has 1 unspecified atom stereocenters. The van der Waals surface area contributed by atoms with E-state index in [0.717, 1.165) is 10.5 Å². The largest absolute Gasteiger partial charge is 0.493 e. The van der Waals surface area contributed by atoms with Crippen LogP contribution in [-0.2, 0) is 4.79 Å². The van der Waals surface area contributed by atoms with Crippen LogP contribution < -0.4 is 20.1 Å². The Balaban J connectivity index is 1.36. The first-order chi connectivity index (χ1) is 18.8. The number of nitro benzene ring substituents is 1. The number of amides is 2. The van der Waals surface area contributed by atoms with E-state index in [0.29, 0.717) is 33.6 Å². The van der Waals surface area contributed by atoms with Gasteiger partial charge in [0, 0.05) is 39.2 Å². The lowest BCUT2D eigenvalue weighted by molar-refractivity contribution is -0.384. The van der Waals surface area contributed by atoms with E-state index in [1.165, 1.54) is 47.4 Å². The van der Waals surface area contributed by atoms with Gasteiger partial charge in [0.2, 0.25) is 5.91 Å². The van der Waals surface area contributed by atoms with E-state index in [4.69, 9.17) is 9.47 Å². The van der Waals surface area contributed by atoms with E-state index in [2.05, 4.69) is 15.6 Å². The van der Waals surface area contributed by atoms with Crippen LogP contribution in [0.5, 0.6) is 11.5 Å². The smallest absolute Gasteiger partial charge is 0.269 e. The first kappa shape index (κ1) is 27.6. The molecule has 0 saturated heterocycles. The molecule has 0 radical (unpaired) electrons. The van der Waals surface area contributed by atoms with E-state index in [1.807, 2.05) is 23.6 Å². The van der Waals surface area contributed by atoms with Gasteiger partial charge in [-0.3, -0.25) is 19.7 Å². The number of thiazole rings is 1. The van der Waals surface area contributed by atoms with Crippen LogP contribution in [0.25, 0.3) is 11.3 Å². The first-order valence-corrected chi connectivity index (χ1v) is 13.3. The summed E-state index contributed by atoms with van der Waals surface area (Å²) in [5.74, 6) is 0.594. The maximum Gasteiger partial charge on any atom is 0.269 e. The highest BCUT2D eigenvalue weighted by atomic mass is 32.2. The second kappa shape index (κ2) is 12.4. The molecule has 4 aromatic rings. The van der Waals surface area contributed by atoms with Gasteiger partial charge in [-0.1, -0.05) is 6.07 Å². The molecule has 2 amide bonds. The summed E-state index contributed by atoms with van der Waals surface area (Å²) in [4.78, 5) is 41.0. The van der Waals surface area contributed by atoms with Crippen molar-refractivity contribution < 1.29 is 24.0 Å². The van der Waals surface area contributed by atoms with E-state index < -0.39 is 16.1 Å². The molecule has 1 aromatic heterocycles. The average molecular weight is 565 g/mol. The SMILES string of the molecule is COc1ccc(-c2csc(NC(=O)C(C)Sc3cccc(NC(=O)c4ccc([N+](=O)[O-])cc4)c3)n2)cc1OC. The summed E-state index contributed by atoms with van der Waals surface area (Å²) in [5, 5.41) is 18.3. The van der Waals surface area contributed by atoms with Gasteiger partial charge < -0.3 is 20.1 Å². The Morgan fingerprint density at radius 1 is 1.00 bits per heavy atom. The highest BCUT2D eigenvalue weighted by molar-refractivity contribution is 8.00. The Morgan fingerprint density at radius 3 is 2.44 bits per heavy atom. The molecular weight excluding hydrogens is 540 g/mol. The Labute approximate surface area is 232 Å². The molecule has 1 heterocycles. The minimum absolute atomic E-state index is 0.0906. The van der Waals surface area contributed by atoms with Crippen molar-refractivity contribution in [3.63, 3.8) is 0 Å². The number of anilines is 2. The number of aromatic nitrogens is 1. The number of hydrogen-bond acceptors (Lipinski definition) is 9. The van der Waals surface area contributed by atoms with E-state index in [1.54, 1.807) is 45.4 Å². The van der Waals surface area contributed by atoms with Crippen molar-refractivity contribution in [1.29, 1.82) is 0 Å². The Bertz CT molecular complexity index is 1510. The van der Waals surface area contributed by atoms with Gasteiger partial charge >= 0.3 is 0 Å². The zero-order valence-corrected chi connectivity index (χ0v) is 22.8. The molecule has 0 bridgehead atoms. The zero-order chi connectivity index (χ0) is 27.9. The number of nitrogens with one attached hydrogen (secondary N) is 2. The summed E-state index contributed by atoms with van der Waals surface area (Å²) in [6.45, 7) is 1.78. The lowest BCUT2D eigenvalue weighted by Crippen LogP contribution is -2.22. The van der Waals surface area contributed by atoms with Crippen molar-refractivity contribution >= 4 is 51.4 Å². The number of carbonyl (C=O) groups excluding carboxylic acids is 2. The topological polar surface area (TPSA) is 133 Å². The minimum Gasteiger partial charge on any atom is -0.493 e. The number of nitro groups is 1. The third-order valence-corrected chi connectivity index (χ3v) is 7.38. The van der Waals surface area contributed by atoms with Gasteiger partial charge in [0.05, 0.1) is 30.1 Å². The maximum absolute atomic E-state index is 12.9. The van der Waals surface area contributed by atoms with Crippen molar-refractivity contribution in [2.45, 2.75) is 17.1 Å². The fourth-order valence-electron chi connectivity index (χ4n) is 3.51. The Morgan fingerprint density at radius 2 is 1.74 bits per heavy atom. The molecule has 0 spiro atoms. The molecule has 3 aromatic carbocycles. The van der Waals surface area contributed by atoms with Crippen molar-refractivity contribution in [1.82, 2.24) is 4.98 Å². The Hall–Kier alpha value is -4.42. The number of benzene rings is 3. The summed E-state index contributed by atoms with van der Waals surface area (Å²) in [6.07, 6.45) is 0. The predicted octanol–water partition coefficient (Wildman–Crippen LogP) is 6.11. The van der Waals surface area contributed by atoms with Gasteiger partial charge in [-0.2, -0.15) is 0 Å². The number of methoxy groups -OCH3 is 2. The molecule has 4 rings (SSSR count). The number of hydrogen-bond donors (Lipinski definition) is 2. The molecule has 0 fully saturated rings. The number of non-ortho nitro benzene ring substituents is 1. The van der Waals surface area contributed by atoms with Gasteiger partial charge in [0.15, 0.2) is 16.6 Å². The van der Waals surface area contributed by atoms with Crippen LogP contribution in [0.15, 0.2) is 77.0 Å². The highest BCUT2D eigenvalue weighted by Gasteiger charge is 2.18. The number of ether oxygens (including phenoxy) is 2. The van der Waals surface area contributed by atoms with Crippen LogP contribution in [0.2, 0.25) is 0 Å². The van der Waals surface area contributed by atoms with Crippen LogP contribution in [0.3, 0.4) is 0 Å².